The van der Waals surface area contributed by atoms with Crippen molar-refractivity contribution in [3.63, 3.8) is 0 Å². The summed E-state index contributed by atoms with van der Waals surface area (Å²) in [4.78, 5) is 13.6. The summed E-state index contributed by atoms with van der Waals surface area (Å²) < 4.78 is 11.0. The van der Waals surface area contributed by atoms with Crippen LogP contribution < -0.4 is 9.64 Å². The normalized spacial score (nSPS) is 15.8. The van der Waals surface area contributed by atoms with Crippen molar-refractivity contribution in [2.24, 2.45) is 0 Å². The predicted octanol–water partition coefficient (Wildman–Crippen LogP) is 4.16. The van der Waals surface area contributed by atoms with Gasteiger partial charge in [0.05, 0.1) is 18.1 Å². The fourth-order valence-electron chi connectivity index (χ4n) is 2.25. The van der Waals surface area contributed by atoms with Crippen LogP contribution in [0.2, 0.25) is 0 Å². The molecule has 0 aliphatic carbocycles. The highest BCUT2D eigenvalue weighted by Crippen LogP contribution is 2.28. The molecule has 2 aromatic carbocycles. The topological polar surface area (TPSA) is 59.0 Å². The van der Waals surface area contributed by atoms with Crippen LogP contribution in [-0.4, -0.2) is 24.9 Å². The number of nitrogens with zero attached hydrogens (tertiary/aromatic N) is 1. The van der Waals surface area contributed by atoms with Crippen LogP contribution in [0, 0.1) is 0 Å². The Kier molecular flexibility index (Phi) is 4.25. The van der Waals surface area contributed by atoms with Crippen molar-refractivity contribution in [2.45, 2.75) is 0 Å². The van der Waals surface area contributed by atoms with Gasteiger partial charge in [-0.3, -0.25) is 4.90 Å². The van der Waals surface area contributed by atoms with Crippen molar-refractivity contribution in [3.8, 4) is 11.5 Å². The van der Waals surface area contributed by atoms with Crippen molar-refractivity contribution >= 4 is 33.8 Å². The fourth-order valence-corrected chi connectivity index (χ4v) is 2.65. The summed E-state index contributed by atoms with van der Waals surface area (Å²) >= 11 is 3.26. The van der Waals surface area contributed by atoms with Crippen LogP contribution in [-0.2, 0) is 4.74 Å². The zero-order valence-corrected chi connectivity index (χ0v) is 13.9. The number of carbonyl (C=O) groups is 1. The van der Waals surface area contributed by atoms with E-state index in [1.807, 2.05) is 0 Å². The van der Waals surface area contributed by atoms with Gasteiger partial charge in [0.1, 0.15) is 17.3 Å². The van der Waals surface area contributed by atoms with E-state index in [-0.39, 0.29) is 5.75 Å². The van der Waals surface area contributed by atoms with Crippen LogP contribution in [0.25, 0.3) is 6.08 Å². The number of methoxy groups -OCH3 is 1. The molecule has 23 heavy (non-hydrogen) atoms. The maximum atomic E-state index is 12.0. The Bertz CT molecular complexity index is 771. The van der Waals surface area contributed by atoms with Crippen LogP contribution in [0.15, 0.2) is 52.7 Å². The first-order valence-electron chi connectivity index (χ1n) is 6.89. The lowest BCUT2D eigenvalue weighted by molar-refractivity contribution is 0.199. The molecule has 0 saturated carbocycles. The summed E-state index contributed by atoms with van der Waals surface area (Å²) in [6.07, 6.45) is 1.35. The Balaban J connectivity index is 1.80. The minimum atomic E-state index is -0.417. The minimum Gasteiger partial charge on any atom is -0.507 e. The molecule has 5 nitrogen and oxygen atoms in total. The zero-order valence-electron chi connectivity index (χ0n) is 12.3. The number of cyclic esters (lactones) is 1. The minimum absolute atomic E-state index is 0.162. The van der Waals surface area contributed by atoms with E-state index in [2.05, 4.69) is 15.9 Å². The van der Waals surface area contributed by atoms with Crippen LogP contribution >= 0.6 is 15.9 Å². The standard InChI is InChI=1S/C17H14BrNO4/c1-22-13-5-3-12(4-6-13)19-10-14(23-17(19)21)8-11-2-7-16(20)15(18)9-11/h2-9,20H,10H2,1H3/b14-8-. The van der Waals surface area contributed by atoms with Gasteiger partial charge in [-0.1, -0.05) is 6.07 Å². The summed E-state index contributed by atoms with van der Waals surface area (Å²) in [7, 11) is 1.59. The number of halogens is 1. The first-order chi connectivity index (χ1) is 11.1. The lowest BCUT2D eigenvalue weighted by atomic mass is 10.2. The maximum absolute atomic E-state index is 12.0. The molecule has 0 radical (unpaired) electrons. The zero-order chi connectivity index (χ0) is 16.4. The third kappa shape index (κ3) is 3.32. The van der Waals surface area contributed by atoms with Crippen LogP contribution in [0.5, 0.6) is 11.5 Å². The molecule has 1 heterocycles. The van der Waals surface area contributed by atoms with Crippen molar-refractivity contribution in [2.75, 3.05) is 18.6 Å². The second-order valence-electron chi connectivity index (χ2n) is 4.97. The number of anilines is 1. The van der Waals surface area contributed by atoms with Gasteiger partial charge in [0.2, 0.25) is 0 Å². The second kappa shape index (κ2) is 6.34. The molecular formula is C17H14BrNO4. The molecule has 1 aliphatic heterocycles. The van der Waals surface area contributed by atoms with Crippen molar-refractivity contribution < 1.29 is 19.4 Å². The number of amides is 1. The van der Waals surface area contributed by atoms with Gasteiger partial charge in [0.25, 0.3) is 0 Å². The maximum Gasteiger partial charge on any atom is 0.419 e. The van der Waals surface area contributed by atoms with Gasteiger partial charge in [0, 0.05) is 5.69 Å². The molecule has 0 atom stereocenters. The highest BCUT2D eigenvalue weighted by atomic mass is 79.9. The molecule has 118 valence electrons. The molecule has 6 heteroatoms. The highest BCUT2D eigenvalue weighted by molar-refractivity contribution is 9.10. The van der Waals surface area contributed by atoms with Gasteiger partial charge in [-0.2, -0.15) is 0 Å². The van der Waals surface area contributed by atoms with Gasteiger partial charge < -0.3 is 14.6 Å². The molecule has 0 aromatic heterocycles. The van der Waals surface area contributed by atoms with Gasteiger partial charge >= 0.3 is 6.09 Å². The van der Waals surface area contributed by atoms with Crippen molar-refractivity contribution in [1.29, 1.82) is 0 Å². The summed E-state index contributed by atoms with van der Waals surface area (Å²) in [5.41, 5.74) is 1.57. The van der Waals surface area contributed by atoms with E-state index < -0.39 is 6.09 Å². The SMILES string of the molecule is COc1ccc(N2C/C(=C/c3ccc(O)c(Br)c3)OC2=O)cc1. The number of phenols is 1. The average Bonchev–Trinajstić information content (AvgIpc) is 2.91. The Hall–Kier alpha value is -2.47. The second-order valence-corrected chi connectivity index (χ2v) is 5.83. The van der Waals surface area contributed by atoms with Gasteiger partial charge in [-0.15, -0.1) is 0 Å². The van der Waals surface area contributed by atoms with E-state index in [1.165, 1.54) is 0 Å². The Morgan fingerprint density at radius 2 is 2.00 bits per heavy atom. The Morgan fingerprint density at radius 1 is 1.26 bits per heavy atom. The Morgan fingerprint density at radius 3 is 2.65 bits per heavy atom. The number of carbonyl (C=O) groups excluding carboxylic acids is 1. The number of benzene rings is 2. The van der Waals surface area contributed by atoms with Gasteiger partial charge in [-0.05, 0) is 64.0 Å². The van der Waals surface area contributed by atoms with Crippen molar-refractivity contribution in [1.82, 2.24) is 0 Å². The molecule has 1 saturated heterocycles. The molecule has 1 fully saturated rings. The van der Waals surface area contributed by atoms with E-state index in [0.29, 0.717) is 16.8 Å². The van der Waals surface area contributed by atoms with E-state index in [4.69, 9.17) is 9.47 Å². The van der Waals surface area contributed by atoms with E-state index in [9.17, 15) is 9.90 Å². The third-order valence-electron chi connectivity index (χ3n) is 3.44. The van der Waals surface area contributed by atoms with E-state index in [0.717, 1.165) is 17.0 Å². The molecule has 0 bridgehead atoms. The predicted molar refractivity (Wildman–Crippen MR) is 90.6 cm³/mol. The molecular weight excluding hydrogens is 362 g/mol. The molecule has 0 unspecified atom stereocenters. The number of aromatic hydroxyl groups is 1. The van der Waals surface area contributed by atoms with Crippen molar-refractivity contribution in [3.05, 3.63) is 58.3 Å². The van der Waals surface area contributed by atoms with Gasteiger partial charge in [0.15, 0.2) is 0 Å². The highest BCUT2D eigenvalue weighted by Gasteiger charge is 2.28. The first-order valence-corrected chi connectivity index (χ1v) is 7.68. The molecule has 1 aliphatic rings. The largest absolute Gasteiger partial charge is 0.507 e. The average molecular weight is 376 g/mol. The number of hydrogen-bond donors (Lipinski definition) is 1. The number of rotatable bonds is 3. The fraction of sp³-hybridized carbons (Fsp3) is 0.118. The summed E-state index contributed by atoms with van der Waals surface area (Å²) in [5.74, 6) is 1.44. The van der Waals surface area contributed by atoms with Crippen LogP contribution in [0.1, 0.15) is 5.56 Å². The summed E-state index contributed by atoms with van der Waals surface area (Å²) in [6.45, 7) is 0.351. The quantitative estimate of drug-likeness (QED) is 0.874. The molecule has 1 amide bonds. The summed E-state index contributed by atoms with van der Waals surface area (Å²) in [5, 5.41) is 9.51. The molecule has 1 N–H and O–H groups in total. The smallest absolute Gasteiger partial charge is 0.419 e. The summed E-state index contributed by atoms with van der Waals surface area (Å²) in [6, 6.07) is 12.3. The van der Waals surface area contributed by atoms with E-state index >= 15 is 0 Å². The molecule has 2 aromatic rings. The number of hydrogen-bond acceptors (Lipinski definition) is 4. The lowest BCUT2D eigenvalue weighted by Gasteiger charge is -2.12. The number of phenolic OH excluding ortho intramolecular Hbond substituents is 1. The van der Waals surface area contributed by atoms with Gasteiger partial charge in [-0.25, -0.2) is 4.79 Å². The lowest BCUT2D eigenvalue weighted by Crippen LogP contribution is -2.22. The molecule has 3 rings (SSSR count). The van der Waals surface area contributed by atoms with Crippen LogP contribution in [0.4, 0.5) is 10.5 Å². The van der Waals surface area contributed by atoms with E-state index in [1.54, 1.807) is 60.6 Å². The first kappa shape index (κ1) is 15.4. The number of ether oxygens (including phenoxy) is 2. The van der Waals surface area contributed by atoms with Crippen LogP contribution in [0.3, 0.4) is 0 Å². The molecule has 0 spiro atoms. The Labute approximate surface area is 141 Å². The monoisotopic (exact) mass is 375 g/mol. The third-order valence-corrected chi connectivity index (χ3v) is 4.07.